The van der Waals surface area contributed by atoms with Crippen LogP contribution in [0.15, 0.2) is 49.0 Å². The summed E-state index contributed by atoms with van der Waals surface area (Å²) in [6.45, 7) is 10.2. The Labute approximate surface area is 125 Å². The van der Waals surface area contributed by atoms with Crippen LogP contribution in [0.25, 0.3) is 5.57 Å². The van der Waals surface area contributed by atoms with Crippen molar-refractivity contribution in [2.24, 2.45) is 0 Å². The van der Waals surface area contributed by atoms with E-state index < -0.39 is 17.0 Å². The molecule has 2 rings (SSSR count). The van der Waals surface area contributed by atoms with E-state index in [1.165, 1.54) is 12.1 Å². The van der Waals surface area contributed by atoms with Gasteiger partial charge in [-0.1, -0.05) is 50.8 Å². The molecule has 0 bridgehead atoms. The standard InChI is InChI=1S/C19H20F2/c1-5-19(4,17-11-10-15(20)12-18(17)21)14(3)16-9-7-6-8-13(16)2/h6-12H,3,5H2,1-2,4H3/t19-/m0/s1. The fourth-order valence-electron chi connectivity index (χ4n) is 2.71. The molecule has 0 heterocycles. The Kier molecular flexibility index (Phi) is 4.26. The van der Waals surface area contributed by atoms with Gasteiger partial charge in [-0.25, -0.2) is 8.78 Å². The molecule has 0 N–H and O–H groups in total. The predicted octanol–water partition coefficient (Wildman–Crippen LogP) is 5.65. The minimum atomic E-state index is -0.566. The molecular formula is C19H20F2. The van der Waals surface area contributed by atoms with Crippen LogP contribution in [0, 0.1) is 18.6 Å². The van der Waals surface area contributed by atoms with E-state index in [1.807, 2.05) is 45.0 Å². The molecule has 0 saturated heterocycles. The second-order valence-corrected chi connectivity index (χ2v) is 5.60. The van der Waals surface area contributed by atoms with Crippen LogP contribution in [-0.4, -0.2) is 0 Å². The lowest BCUT2D eigenvalue weighted by Crippen LogP contribution is -2.24. The summed E-state index contributed by atoms with van der Waals surface area (Å²) in [6, 6.07) is 11.7. The van der Waals surface area contributed by atoms with Gasteiger partial charge in [-0.2, -0.15) is 0 Å². The fourth-order valence-corrected chi connectivity index (χ4v) is 2.71. The van der Waals surface area contributed by atoms with Gasteiger partial charge in [0.15, 0.2) is 0 Å². The molecule has 0 nitrogen and oxygen atoms in total. The van der Waals surface area contributed by atoms with E-state index in [4.69, 9.17) is 0 Å². The average molecular weight is 286 g/mol. The first-order valence-corrected chi connectivity index (χ1v) is 7.11. The molecule has 0 aliphatic rings. The van der Waals surface area contributed by atoms with Gasteiger partial charge in [0, 0.05) is 11.5 Å². The van der Waals surface area contributed by atoms with Gasteiger partial charge in [0.05, 0.1) is 0 Å². The molecule has 21 heavy (non-hydrogen) atoms. The highest BCUT2D eigenvalue weighted by molar-refractivity contribution is 5.75. The van der Waals surface area contributed by atoms with Crippen LogP contribution in [0.4, 0.5) is 8.78 Å². The Balaban J connectivity index is 2.56. The lowest BCUT2D eigenvalue weighted by atomic mass is 9.71. The molecule has 110 valence electrons. The normalized spacial score (nSPS) is 13.8. The minimum Gasteiger partial charge on any atom is -0.207 e. The molecule has 0 aliphatic carbocycles. The lowest BCUT2D eigenvalue weighted by molar-refractivity contribution is 0.516. The van der Waals surface area contributed by atoms with Crippen molar-refractivity contribution in [2.75, 3.05) is 0 Å². The van der Waals surface area contributed by atoms with E-state index in [-0.39, 0.29) is 0 Å². The van der Waals surface area contributed by atoms with E-state index in [2.05, 4.69) is 6.58 Å². The third-order valence-corrected chi connectivity index (χ3v) is 4.37. The van der Waals surface area contributed by atoms with Crippen LogP contribution in [0.2, 0.25) is 0 Å². The van der Waals surface area contributed by atoms with Crippen molar-refractivity contribution >= 4 is 5.57 Å². The first-order chi connectivity index (χ1) is 9.90. The summed E-state index contributed by atoms with van der Waals surface area (Å²) in [7, 11) is 0. The number of rotatable bonds is 4. The zero-order chi connectivity index (χ0) is 15.6. The largest absolute Gasteiger partial charge is 0.207 e. The maximum absolute atomic E-state index is 14.2. The van der Waals surface area contributed by atoms with E-state index >= 15 is 0 Å². The van der Waals surface area contributed by atoms with Gasteiger partial charge in [0.1, 0.15) is 11.6 Å². The van der Waals surface area contributed by atoms with Crippen molar-refractivity contribution in [3.63, 3.8) is 0 Å². The van der Waals surface area contributed by atoms with Crippen LogP contribution in [0.1, 0.15) is 37.0 Å². The van der Waals surface area contributed by atoms with Crippen LogP contribution < -0.4 is 0 Å². The Hall–Kier alpha value is -1.96. The fraction of sp³-hybridized carbons (Fsp3) is 0.263. The summed E-state index contributed by atoms with van der Waals surface area (Å²) in [5.74, 6) is -1.08. The van der Waals surface area contributed by atoms with E-state index in [0.29, 0.717) is 12.0 Å². The van der Waals surface area contributed by atoms with Crippen molar-refractivity contribution in [3.8, 4) is 0 Å². The Bertz CT molecular complexity index is 673. The highest BCUT2D eigenvalue weighted by Gasteiger charge is 2.32. The maximum atomic E-state index is 14.2. The van der Waals surface area contributed by atoms with Crippen molar-refractivity contribution in [3.05, 3.63) is 77.4 Å². The highest BCUT2D eigenvalue weighted by atomic mass is 19.1. The number of hydrogen-bond acceptors (Lipinski definition) is 0. The number of allylic oxidation sites excluding steroid dienone is 1. The molecule has 0 saturated carbocycles. The average Bonchev–Trinajstić information content (AvgIpc) is 2.46. The Morgan fingerprint density at radius 3 is 2.38 bits per heavy atom. The maximum Gasteiger partial charge on any atom is 0.130 e. The zero-order valence-electron chi connectivity index (χ0n) is 12.7. The number of benzene rings is 2. The molecule has 2 aromatic rings. The van der Waals surface area contributed by atoms with Gasteiger partial charge >= 0.3 is 0 Å². The highest BCUT2D eigenvalue weighted by Crippen LogP contribution is 2.41. The SMILES string of the molecule is C=C(c1ccccc1C)[C@](C)(CC)c1ccc(F)cc1F. The van der Waals surface area contributed by atoms with Crippen molar-refractivity contribution in [1.82, 2.24) is 0 Å². The van der Waals surface area contributed by atoms with Crippen molar-refractivity contribution in [1.29, 1.82) is 0 Å². The quantitative estimate of drug-likeness (QED) is 0.681. The minimum absolute atomic E-state index is 0.486. The Morgan fingerprint density at radius 1 is 1.14 bits per heavy atom. The smallest absolute Gasteiger partial charge is 0.130 e. The molecular weight excluding hydrogens is 266 g/mol. The number of hydrogen-bond donors (Lipinski definition) is 0. The molecule has 0 unspecified atom stereocenters. The van der Waals surface area contributed by atoms with E-state index in [0.717, 1.165) is 22.8 Å². The summed E-state index contributed by atoms with van der Waals surface area (Å²) in [5, 5.41) is 0. The van der Waals surface area contributed by atoms with E-state index in [1.54, 1.807) is 0 Å². The Morgan fingerprint density at radius 2 is 1.81 bits per heavy atom. The first-order valence-electron chi connectivity index (χ1n) is 7.11. The van der Waals surface area contributed by atoms with E-state index in [9.17, 15) is 8.78 Å². The molecule has 0 aliphatic heterocycles. The second-order valence-electron chi connectivity index (χ2n) is 5.60. The van der Waals surface area contributed by atoms with Crippen LogP contribution in [0.5, 0.6) is 0 Å². The van der Waals surface area contributed by atoms with Crippen molar-refractivity contribution < 1.29 is 8.78 Å². The molecule has 0 spiro atoms. The molecule has 2 heteroatoms. The third-order valence-electron chi connectivity index (χ3n) is 4.37. The van der Waals surface area contributed by atoms with Gasteiger partial charge in [-0.3, -0.25) is 0 Å². The van der Waals surface area contributed by atoms with Gasteiger partial charge < -0.3 is 0 Å². The molecule has 0 radical (unpaired) electrons. The molecule has 0 aromatic heterocycles. The van der Waals surface area contributed by atoms with Crippen LogP contribution >= 0.6 is 0 Å². The van der Waals surface area contributed by atoms with Gasteiger partial charge in [0.25, 0.3) is 0 Å². The second kappa shape index (κ2) is 5.80. The third kappa shape index (κ3) is 2.76. The summed E-state index contributed by atoms with van der Waals surface area (Å²) in [4.78, 5) is 0. The lowest BCUT2D eigenvalue weighted by Gasteiger charge is -2.32. The summed E-state index contributed by atoms with van der Waals surface area (Å²) < 4.78 is 27.4. The molecule has 0 amide bonds. The predicted molar refractivity (Wildman–Crippen MR) is 84.2 cm³/mol. The zero-order valence-corrected chi connectivity index (χ0v) is 12.7. The number of aryl methyl sites for hydroxylation is 1. The molecule has 1 atom stereocenters. The monoisotopic (exact) mass is 286 g/mol. The van der Waals surface area contributed by atoms with Gasteiger partial charge in [-0.05, 0) is 41.7 Å². The van der Waals surface area contributed by atoms with Gasteiger partial charge in [0.2, 0.25) is 0 Å². The molecule has 2 aromatic carbocycles. The number of halogens is 2. The topological polar surface area (TPSA) is 0 Å². The van der Waals surface area contributed by atoms with Gasteiger partial charge in [-0.15, -0.1) is 0 Å². The molecule has 0 fully saturated rings. The van der Waals surface area contributed by atoms with Crippen LogP contribution in [0.3, 0.4) is 0 Å². The summed E-state index contributed by atoms with van der Waals surface area (Å²) >= 11 is 0. The van der Waals surface area contributed by atoms with Crippen LogP contribution in [-0.2, 0) is 5.41 Å². The summed E-state index contributed by atoms with van der Waals surface area (Å²) in [5.41, 5.74) is 2.90. The van der Waals surface area contributed by atoms with Crippen molar-refractivity contribution in [2.45, 2.75) is 32.6 Å². The first kappa shape index (κ1) is 15.4. The summed E-state index contributed by atoms with van der Waals surface area (Å²) in [6.07, 6.45) is 0.683.